The van der Waals surface area contributed by atoms with Crippen molar-refractivity contribution in [3.8, 4) is 0 Å². The van der Waals surface area contributed by atoms with Gasteiger partial charge in [-0.05, 0) is 98.7 Å². The number of aliphatic hydroxyl groups is 18. The minimum atomic E-state index is -2.19. The molecule has 37 atom stereocenters. The molecule has 0 bridgehead atoms. The number of fused-ring (bicyclic) bond motifs is 7. The van der Waals surface area contributed by atoms with Crippen LogP contribution in [0.2, 0.25) is 0 Å². The average molecular weight is 1360 g/mol. The Morgan fingerprint density at radius 2 is 1.12 bits per heavy atom. The summed E-state index contributed by atoms with van der Waals surface area (Å²) in [5.41, 5.74) is -6.48. The smallest absolute Gasteiger partial charge is 0.315 e. The summed E-state index contributed by atoms with van der Waals surface area (Å²) in [5.74, 6) is -2.16. The number of aliphatic hydroxyl groups excluding tert-OH is 17. The predicted octanol–water partition coefficient (Wildman–Crippen LogP) is -5.50. The van der Waals surface area contributed by atoms with Crippen molar-refractivity contribution in [2.75, 3.05) is 39.6 Å². The highest BCUT2D eigenvalue weighted by Gasteiger charge is 2.74. The first-order valence-electron chi connectivity index (χ1n) is 33.1. The third kappa shape index (κ3) is 12.0. The first-order valence-corrected chi connectivity index (χ1v) is 33.1. The first kappa shape index (κ1) is 73.3. The highest BCUT2D eigenvalue weighted by Crippen LogP contribution is 2.76. The first-order chi connectivity index (χ1) is 44.0. The fourth-order valence-corrected chi connectivity index (χ4v) is 19.0. The molecule has 6 aliphatic heterocycles. The van der Waals surface area contributed by atoms with Gasteiger partial charge in [0.25, 0.3) is 0 Å². The van der Waals surface area contributed by atoms with E-state index in [1.807, 2.05) is 6.92 Å². The zero-order valence-electron chi connectivity index (χ0n) is 54.2. The summed E-state index contributed by atoms with van der Waals surface area (Å²) in [6, 6.07) is 0. The Morgan fingerprint density at radius 3 is 1.76 bits per heavy atom. The Bertz CT molecular complexity index is 2680. The van der Waals surface area contributed by atoms with Crippen molar-refractivity contribution in [3.05, 3.63) is 11.6 Å². The van der Waals surface area contributed by atoms with Gasteiger partial charge in [-0.25, -0.2) is 0 Å². The topological polar surface area (TPSA) is 492 Å². The monoisotopic (exact) mass is 1350 g/mol. The molecular formula is C63H102O31. The number of carbonyl (C=O) groups excluding carboxylic acids is 1. The summed E-state index contributed by atoms with van der Waals surface area (Å²) < 4.78 is 72.2. The van der Waals surface area contributed by atoms with Crippen molar-refractivity contribution in [1.82, 2.24) is 0 Å². The summed E-state index contributed by atoms with van der Waals surface area (Å²) in [6.07, 6.45) is -40.0. The number of carbonyl (C=O) groups is 1. The summed E-state index contributed by atoms with van der Waals surface area (Å²) in [7, 11) is 0. The zero-order chi connectivity index (χ0) is 68.6. The lowest BCUT2D eigenvalue weighted by Crippen LogP contribution is -2.72. The second kappa shape index (κ2) is 26.8. The van der Waals surface area contributed by atoms with Gasteiger partial charge in [-0.15, -0.1) is 0 Å². The summed E-state index contributed by atoms with van der Waals surface area (Å²) in [6.45, 7) is 10.9. The van der Waals surface area contributed by atoms with Crippen molar-refractivity contribution in [2.24, 2.45) is 50.2 Å². The molecule has 31 heteroatoms. The Kier molecular flexibility index (Phi) is 20.9. The van der Waals surface area contributed by atoms with Crippen LogP contribution in [0, 0.1) is 50.2 Å². The van der Waals surface area contributed by atoms with E-state index in [1.165, 1.54) is 13.8 Å². The van der Waals surface area contributed by atoms with Crippen molar-refractivity contribution in [1.29, 1.82) is 0 Å². The number of esters is 1. The molecule has 4 saturated carbocycles. The van der Waals surface area contributed by atoms with E-state index in [-0.39, 0.29) is 30.6 Å². The van der Waals surface area contributed by atoms with E-state index >= 15 is 4.79 Å². The van der Waals surface area contributed by atoms with E-state index in [0.717, 1.165) is 5.57 Å². The third-order valence-electron chi connectivity index (χ3n) is 24.5. The van der Waals surface area contributed by atoms with Crippen molar-refractivity contribution >= 4 is 5.97 Å². The minimum absolute atomic E-state index is 0.0681. The molecule has 0 aromatic carbocycles. The maximum absolute atomic E-state index is 15.8. The van der Waals surface area contributed by atoms with Crippen molar-refractivity contribution < 1.29 is 154 Å². The Labute approximate surface area is 543 Å². The normalized spacial score (nSPS) is 55.8. The van der Waals surface area contributed by atoms with Gasteiger partial charge in [0.15, 0.2) is 37.6 Å². The summed E-state index contributed by atoms with van der Waals surface area (Å²) in [4.78, 5) is 15.8. The maximum Gasteiger partial charge on any atom is 0.315 e. The molecule has 0 radical (unpaired) electrons. The van der Waals surface area contributed by atoms with Crippen LogP contribution in [-0.2, 0) is 61.6 Å². The average Bonchev–Trinajstić information content (AvgIpc) is 0.771. The fraction of sp³-hybridized carbons (Fsp3) is 0.952. The fourth-order valence-electron chi connectivity index (χ4n) is 19.0. The van der Waals surface area contributed by atoms with Crippen LogP contribution >= 0.6 is 0 Å². The largest absolute Gasteiger partial charge is 0.432 e. The van der Waals surface area contributed by atoms with Crippen LogP contribution in [0.25, 0.3) is 0 Å². The van der Waals surface area contributed by atoms with Gasteiger partial charge in [-0.1, -0.05) is 53.2 Å². The zero-order valence-corrected chi connectivity index (χ0v) is 54.2. The number of hydrogen-bond donors (Lipinski definition) is 18. The van der Waals surface area contributed by atoms with Crippen molar-refractivity contribution in [2.45, 2.75) is 284 Å². The standard InChI is InChI=1S/C63H102O31/c1-24-34(71)36(73)39(76)51(85-24)90-44-30(70)20-83-50(42(44)79)89-43-25(2)86-52(41(78)38(43)75)92-46-45(91-55-48(80)63(82,22-67)23-84-55)32(19-65)88-54(46)94-56(81)62-13-11-57(3,4)15-27(62)26-9-10-33-58(5)16-29(69)49(93-53-40(77)37(74)35(72)31(18-64)87-53)59(6,21-66)47(58)28(68)17-61(33,8)60(26,7)12-14-62/h9,24-25,27-55,64-80,82H,10-23H2,1-8H3/t24-,25-,27-,28+,29-,30+,31+,32-,33+,34-,35+,36+,37-,38-,39+,40+,41+,42+,43-,44-,45-,46+,47+,48-,49-,50-,51-,52-,53-,54-,55-,58+,59-,60+,61+,62-,63+/m0/s1. The molecule has 5 aliphatic carbocycles. The van der Waals surface area contributed by atoms with Gasteiger partial charge in [0, 0.05) is 11.3 Å². The van der Waals surface area contributed by atoms with Crippen LogP contribution in [-0.4, -0.2) is 315 Å². The van der Waals surface area contributed by atoms with Gasteiger partial charge >= 0.3 is 5.97 Å². The van der Waals surface area contributed by atoms with Gasteiger partial charge in [0.1, 0.15) is 103 Å². The van der Waals surface area contributed by atoms with Gasteiger partial charge in [0.2, 0.25) is 6.29 Å². The van der Waals surface area contributed by atoms with Gasteiger partial charge in [-0.3, -0.25) is 4.79 Å². The highest BCUT2D eigenvalue weighted by atomic mass is 16.8. The molecule has 540 valence electrons. The molecule has 0 aromatic heterocycles. The Balaban J connectivity index is 0.849. The number of hydrogen-bond acceptors (Lipinski definition) is 31. The van der Waals surface area contributed by atoms with Crippen LogP contribution in [0.4, 0.5) is 0 Å². The van der Waals surface area contributed by atoms with Gasteiger partial charge in [-0.2, -0.15) is 0 Å². The van der Waals surface area contributed by atoms with E-state index < -0.39 is 262 Å². The lowest BCUT2D eigenvalue weighted by atomic mass is 9.33. The molecule has 31 nitrogen and oxygen atoms in total. The van der Waals surface area contributed by atoms with Gasteiger partial charge in [0.05, 0.1) is 75.6 Å². The lowest BCUT2D eigenvalue weighted by Gasteiger charge is -2.72. The van der Waals surface area contributed by atoms with Crippen LogP contribution in [0.5, 0.6) is 0 Å². The molecule has 0 aromatic rings. The highest BCUT2D eigenvalue weighted by molar-refractivity contribution is 5.79. The minimum Gasteiger partial charge on any atom is -0.432 e. The van der Waals surface area contributed by atoms with E-state index in [2.05, 4.69) is 33.8 Å². The van der Waals surface area contributed by atoms with Crippen LogP contribution in [0.1, 0.15) is 107 Å². The number of ether oxygens (including phenoxy) is 12. The Hall–Kier alpha value is -1.95. The molecule has 94 heavy (non-hydrogen) atoms. The third-order valence-corrected chi connectivity index (χ3v) is 24.5. The Morgan fingerprint density at radius 1 is 0.532 bits per heavy atom. The van der Waals surface area contributed by atoms with Gasteiger partial charge < -0.3 is 149 Å². The van der Waals surface area contributed by atoms with Crippen LogP contribution < -0.4 is 0 Å². The number of allylic oxidation sites excluding steroid dienone is 2. The molecular weight excluding hydrogens is 1250 g/mol. The maximum atomic E-state index is 15.8. The predicted molar refractivity (Wildman–Crippen MR) is 311 cm³/mol. The quantitative estimate of drug-likeness (QED) is 0.0389. The van der Waals surface area contributed by atoms with E-state index in [9.17, 15) is 91.9 Å². The van der Waals surface area contributed by atoms with E-state index in [4.69, 9.17) is 56.8 Å². The molecule has 6 saturated heterocycles. The van der Waals surface area contributed by atoms with E-state index in [1.54, 1.807) is 6.92 Å². The summed E-state index contributed by atoms with van der Waals surface area (Å²) in [5, 5.41) is 199. The molecule has 11 aliphatic rings. The van der Waals surface area contributed by atoms with Crippen LogP contribution in [0.3, 0.4) is 0 Å². The molecule has 11 rings (SSSR count). The van der Waals surface area contributed by atoms with Crippen molar-refractivity contribution in [3.63, 3.8) is 0 Å². The van der Waals surface area contributed by atoms with Crippen LogP contribution in [0.15, 0.2) is 11.6 Å². The summed E-state index contributed by atoms with van der Waals surface area (Å²) >= 11 is 0. The molecule has 0 unspecified atom stereocenters. The molecule has 18 N–H and O–H groups in total. The second-order valence-electron chi connectivity index (χ2n) is 30.8. The molecule has 0 amide bonds. The molecule has 6 heterocycles. The van der Waals surface area contributed by atoms with E-state index in [0.29, 0.717) is 32.1 Å². The lowest BCUT2D eigenvalue weighted by molar-refractivity contribution is -0.370. The SMILES string of the molecule is C[C@@H]1O[C@@H](O[C@@H]2[C@@H](O)[C@H](O[C@@H]3[C@@H](O)[C@@H](O)[C@H](O[C@H]4[C@H](OC(=O)[C@]56CCC(C)(C)C[C@H]5C5=CC[C@@H]7[C@@]8(C)C[C@H](O)[C@H](O[C@@H]9O[C@H](CO)[C@@H](O)[C@H](O)[C@H]9O)[C@@](C)(CO)[C@@H]8[C@H](O)C[C@@]7(C)[C@]5(C)CC6)O[C@@H](CO)[C@@H]4O[C@@H]4OC[C@](O)(CO)[C@H]4O)O[C@H]3C)OC[C@H]2O)[C@H](O)[C@H](O)[C@H]1O. The second-order valence-corrected chi connectivity index (χ2v) is 30.8. The molecule has 0 spiro atoms. The molecule has 10 fully saturated rings. The number of rotatable bonds is 16.